The van der Waals surface area contributed by atoms with E-state index >= 15 is 0 Å². The second kappa shape index (κ2) is 8.77. The summed E-state index contributed by atoms with van der Waals surface area (Å²) in [6.45, 7) is 18.7. The zero-order valence-corrected chi connectivity index (χ0v) is 20.7. The Bertz CT molecular complexity index is 877. The molecule has 0 aliphatic carbocycles. The van der Waals surface area contributed by atoms with Crippen molar-refractivity contribution in [3.8, 4) is 5.75 Å². The van der Waals surface area contributed by atoms with Crippen molar-refractivity contribution in [3.05, 3.63) is 24.3 Å². The standard InChI is InChI=1S/C22H36BNO5Si/c1-14(2)30(15(3)4,16(5)6)29-18-10-11-19-17(12-18)13-20(23(26)27)24(19)21(25)28-22(7,8)9/h10-16,26-27H,1-9H3. The van der Waals surface area contributed by atoms with E-state index in [4.69, 9.17) is 9.16 Å². The van der Waals surface area contributed by atoms with Gasteiger partial charge < -0.3 is 19.2 Å². The van der Waals surface area contributed by atoms with E-state index < -0.39 is 27.1 Å². The summed E-state index contributed by atoms with van der Waals surface area (Å²) in [5, 5.41) is 20.4. The van der Waals surface area contributed by atoms with Crippen LogP contribution in [0.3, 0.4) is 0 Å². The zero-order chi connectivity index (χ0) is 23.0. The third-order valence-electron chi connectivity index (χ3n) is 5.64. The van der Waals surface area contributed by atoms with Gasteiger partial charge in [-0.2, -0.15) is 0 Å². The highest BCUT2D eigenvalue weighted by Crippen LogP contribution is 2.43. The Morgan fingerprint density at radius 3 is 1.97 bits per heavy atom. The third-order valence-corrected chi connectivity index (χ3v) is 11.6. The van der Waals surface area contributed by atoms with Crippen LogP contribution in [0.5, 0.6) is 5.75 Å². The molecule has 0 aliphatic rings. The van der Waals surface area contributed by atoms with Gasteiger partial charge in [0.05, 0.1) is 11.1 Å². The van der Waals surface area contributed by atoms with Crippen LogP contribution in [-0.2, 0) is 4.74 Å². The summed E-state index contributed by atoms with van der Waals surface area (Å²) in [7, 11) is -3.94. The molecule has 0 spiro atoms. The summed E-state index contributed by atoms with van der Waals surface area (Å²) in [5.74, 6) is 0.741. The van der Waals surface area contributed by atoms with Crippen molar-refractivity contribution in [3.63, 3.8) is 0 Å². The Hall–Kier alpha value is -1.77. The van der Waals surface area contributed by atoms with E-state index in [1.807, 2.05) is 12.1 Å². The Morgan fingerprint density at radius 2 is 1.53 bits per heavy atom. The minimum atomic E-state index is -2.14. The van der Waals surface area contributed by atoms with Gasteiger partial charge in [-0.3, -0.25) is 4.57 Å². The molecule has 0 atom stereocenters. The van der Waals surface area contributed by atoms with Crippen molar-refractivity contribution < 1.29 is 24.0 Å². The van der Waals surface area contributed by atoms with Crippen molar-refractivity contribution in [2.75, 3.05) is 0 Å². The quantitative estimate of drug-likeness (QED) is 0.648. The van der Waals surface area contributed by atoms with Crippen LogP contribution in [0.15, 0.2) is 24.3 Å². The second-order valence-corrected chi connectivity index (χ2v) is 15.3. The SMILES string of the molecule is CC(C)[Si](Oc1ccc2c(c1)cc(B(O)O)n2C(=O)OC(C)(C)C)(C(C)C)C(C)C. The van der Waals surface area contributed by atoms with E-state index in [9.17, 15) is 14.8 Å². The molecule has 1 aromatic heterocycles. The molecule has 6 nitrogen and oxygen atoms in total. The maximum atomic E-state index is 12.7. The molecule has 0 fully saturated rings. The molecular formula is C22H36BNO5Si. The molecule has 0 saturated heterocycles. The molecule has 0 bridgehead atoms. The fourth-order valence-electron chi connectivity index (χ4n) is 4.54. The van der Waals surface area contributed by atoms with Crippen molar-refractivity contribution in [1.82, 2.24) is 4.57 Å². The fraction of sp³-hybridized carbons (Fsp3) is 0.591. The van der Waals surface area contributed by atoms with Gasteiger partial charge in [-0.05, 0) is 61.7 Å². The molecule has 30 heavy (non-hydrogen) atoms. The van der Waals surface area contributed by atoms with Crippen LogP contribution < -0.4 is 10.0 Å². The van der Waals surface area contributed by atoms with E-state index in [2.05, 4.69) is 41.5 Å². The molecule has 1 heterocycles. The van der Waals surface area contributed by atoms with Crippen LogP contribution >= 0.6 is 0 Å². The van der Waals surface area contributed by atoms with E-state index in [-0.39, 0.29) is 5.59 Å². The first-order chi connectivity index (χ1) is 13.7. The van der Waals surface area contributed by atoms with Gasteiger partial charge in [0.1, 0.15) is 11.4 Å². The number of hydrogen-bond acceptors (Lipinski definition) is 5. The highest BCUT2D eigenvalue weighted by molar-refractivity contribution is 6.78. The van der Waals surface area contributed by atoms with Crippen molar-refractivity contribution >= 4 is 38.0 Å². The summed E-state index contributed by atoms with van der Waals surface area (Å²) in [4.78, 5) is 12.7. The normalized spacial score (nSPS) is 12.9. The van der Waals surface area contributed by atoms with Crippen molar-refractivity contribution in [1.29, 1.82) is 0 Å². The first kappa shape index (κ1) is 24.5. The highest BCUT2D eigenvalue weighted by atomic mass is 28.4. The average molecular weight is 433 g/mol. The van der Waals surface area contributed by atoms with Gasteiger partial charge in [-0.1, -0.05) is 41.5 Å². The summed E-state index contributed by atoms with van der Waals surface area (Å²) < 4.78 is 13.4. The van der Waals surface area contributed by atoms with E-state index in [0.29, 0.717) is 27.5 Å². The Kier molecular flexibility index (Phi) is 7.16. The maximum absolute atomic E-state index is 12.7. The van der Waals surface area contributed by atoms with Gasteiger partial charge >= 0.3 is 13.2 Å². The van der Waals surface area contributed by atoms with Crippen molar-refractivity contribution in [2.24, 2.45) is 0 Å². The number of carbonyl (C=O) groups is 1. The van der Waals surface area contributed by atoms with Gasteiger partial charge in [-0.25, -0.2) is 4.79 Å². The van der Waals surface area contributed by atoms with Gasteiger partial charge in [0.25, 0.3) is 8.32 Å². The minimum Gasteiger partial charge on any atom is -0.543 e. The predicted molar refractivity (Wildman–Crippen MR) is 125 cm³/mol. The molecule has 2 N–H and O–H groups in total. The van der Waals surface area contributed by atoms with Gasteiger partial charge in [0, 0.05) is 5.39 Å². The van der Waals surface area contributed by atoms with Gasteiger partial charge in [0.2, 0.25) is 0 Å². The summed E-state index contributed by atoms with van der Waals surface area (Å²) in [6, 6.07) is 7.10. The Balaban J connectivity index is 2.57. The summed E-state index contributed by atoms with van der Waals surface area (Å²) in [6.07, 6.45) is -0.649. The number of rotatable bonds is 6. The molecule has 0 amide bonds. The smallest absolute Gasteiger partial charge is 0.506 e. The predicted octanol–water partition coefficient (Wildman–Crippen LogP) is 4.66. The monoisotopic (exact) mass is 433 g/mol. The van der Waals surface area contributed by atoms with E-state index in [1.165, 1.54) is 4.57 Å². The number of aromatic nitrogens is 1. The largest absolute Gasteiger partial charge is 0.543 e. The Labute approximate surface area is 181 Å². The molecule has 0 saturated carbocycles. The molecule has 0 unspecified atom stereocenters. The number of ether oxygens (including phenoxy) is 1. The van der Waals surface area contributed by atoms with E-state index in [0.717, 1.165) is 5.75 Å². The van der Waals surface area contributed by atoms with Crippen LogP contribution in [0.1, 0.15) is 62.3 Å². The number of nitrogens with zero attached hydrogens (tertiary/aromatic N) is 1. The van der Waals surface area contributed by atoms with E-state index in [1.54, 1.807) is 32.9 Å². The Morgan fingerprint density at radius 1 is 1.00 bits per heavy atom. The van der Waals surface area contributed by atoms with Crippen LogP contribution in [0.2, 0.25) is 16.6 Å². The minimum absolute atomic E-state index is 0.0662. The molecular weight excluding hydrogens is 397 g/mol. The maximum Gasteiger partial charge on any atom is 0.506 e. The number of fused-ring (bicyclic) bond motifs is 1. The van der Waals surface area contributed by atoms with Crippen LogP contribution in [0.25, 0.3) is 10.9 Å². The molecule has 0 radical (unpaired) electrons. The first-order valence-corrected chi connectivity index (χ1v) is 12.8. The highest BCUT2D eigenvalue weighted by Gasteiger charge is 2.47. The van der Waals surface area contributed by atoms with Gasteiger partial charge in [0.15, 0.2) is 0 Å². The average Bonchev–Trinajstić information content (AvgIpc) is 2.96. The molecule has 166 valence electrons. The molecule has 0 aliphatic heterocycles. The fourth-order valence-corrected chi connectivity index (χ4v) is 9.78. The number of hydrogen-bond donors (Lipinski definition) is 2. The number of benzene rings is 1. The van der Waals surface area contributed by atoms with Gasteiger partial charge in [-0.15, -0.1) is 0 Å². The zero-order valence-electron chi connectivity index (χ0n) is 19.7. The third kappa shape index (κ3) is 4.76. The lowest BCUT2D eigenvalue weighted by Gasteiger charge is -2.42. The van der Waals surface area contributed by atoms with Crippen LogP contribution in [-0.4, -0.2) is 41.7 Å². The van der Waals surface area contributed by atoms with Crippen molar-refractivity contribution in [2.45, 2.75) is 84.5 Å². The first-order valence-electron chi connectivity index (χ1n) is 10.6. The van der Waals surface area contributed by atoms with Crippen LogP contribution in [0, 0.1) is 0 Å². The molecule has 2 rings (SSSR count). The summed E-state index contributed by atoms with van der Waals surface area (Å²) in [5.41, 5.74) is 1.19. The lowest BCUT2D eigenvalue weighted by Crippen LogP contribution is -2.50. The number of carbonyl (C=O) groups excluding carboxylic acids is 1. The topological polar surface area (TPSA) is 80.9 Å². The molecule has 2 aromatic rings. The van der Waals surface area contributed by atoms with Crippen LogP contribution in [0.4, 0.5) is 4.79 Å². The molecule has 1 aromatic carbocycles. The summed E-state index contributed by atoms with van der Waals surface area (Å²) >= 11 is 0. The lowest BCUT2D eigenvalue weighted by molar-refractivity contribution is 0.0547. The lowest BCUT2D eigenvalue weighted by atomic mass is 9.86. The second-order valence-electron chi connectivity index (χ2n) is 9.90. The molecule has 8 heteroatoms.